The van der Waals surface area contributed by atoms with Crippen molar-refractivity contribution in [2.24, 2.45) is 5.73 Å². The van der Waals surface area contributed by atoms with Crippen molar-refractivity contribution in [3.63, 3.8) is 0 Å². The number of esters is 1. The lowest BCUT2D eigenvalue weighted by molar-refractivity contribution is -0.147. The van der Waals surface area contributed by atoms with Crippen molar-refractivity contribution in [3.8, 4) is 0 Å². The second kappa shape index (κ2) is 5.75. The van der Waals surface area contributed by atoms with Gasteiger partial charge in [0.05, 0.1) is 6.61 Å². The minimum atomic E-state index is -1.41. The van der Waals surface area contributed by atoms with Crippen LogP contribution >= 0.6 is 0 Å². The van der Waals surface area contributed by atoms with Crippen LogP contribution in [0.15, 0.2) is 18.2 Å². The lowest BCUT2D eigenvalue weighted by Gasteiger charge is -2.18. The molecule has 0 aliphatic carbocycles. The molecule has 1 aromatic carbocycles. The van der Waals surface area contributed by atoms with Crippen molar-refractivity contribution in [3.05, 3.63) is 35.1 Å². The van der Waals surface area contributed by atoms with E-state index in [2.05, 4.69) is 4.74 Å². The number of nitrogens with two attached hydrogens (primary N) is 1. The van der Waals surface area contributed by atoms with Crippen LogP contribution in [-0.4, -0.2) is 23.7 Å². The monoisotopic (exact) mass is 241 g/mol. The molecular formula is C12H16FNO3. The van der Waals surface area contributed by atoms with E-state index in [-0.39, 0.29) is 12.2 Å². The SMILES string of the molecule is CCOC(=O)C(N)C(O)c1cc(C)ccc1F. The quantitative estimate of drug-likeness (QED) is 0.773. The molecule has 0 heterocycles. The molecule has 2 atom stereocenters. The van der Waals surface area contributed by atoms with E-state index in [9.17, 15) is 14.3 Å². The molecule has 0 aliphatic heterocycles. The predicted molar refractivity (Wildman–Crippen MR) is 60.7 cm³/mol. The maximum atomic E-state index is 13.5. The minimum absolute atomic E-state index is 0.00514. The Bertz CT molecular complexity index is 409. The van der Waals surface area contributed by atoms with Gasteiger partial charge < -0.3 is 15.6 Å². The summed E-state index contributed by atoms with van der Waals surface area (Å²) in [4.78, 5) is 11.3. The second-order valence-electron chi connectivity index (χ2n) is 3.75. The molecule has 1 aromatic rings. The maximum absolute atomic E-state index is 13.5. The van der Waals surface area contributed by atoms with Crippen molar-refractivity contribution in [1.82, 2.24) is 0 Å². The van der Waals surface area contributed by atoms with Crippen LogP contribution < -0.4 is 5.73 Å². The van der Waals surface area contributed by atoms with Gasteiger partial charge in [0.25, 0.3) is 0 Å². The van der Waals surface area contributed by atoms with Gasteiger partial charge in [-0.05, 0) is 19.9 Å². The van der Waals surface area contributed by atoms with E-state index in [1.54, 1.807) is 19.9 Å². The highest BCUT2D eigenvalue weighted by Crippen LogP contribution is 2.21. The Hall–Kier alpha value is -1.46. The number of hydrogen-bond donors (Lipinski definition) is 2. The van der Waals surface area contributed by atoms with Crippen LogP contribution in [0.1, 0.15) is 24.2 Å². The first-order chi connectivity index (χ1) is 7.97. The van der Waals surface area contributed by atoms with Crippen LogP contribution in [-0.2, 0) is 9.53 Å². The molecule has 0 aromatic heterocycles. The Kier molecular flexibility index (Phi) is 4.60. The Morgan fingerprint density at radius 2 is 2.24 bits per heavy atom. The third-order valence-electron chi connectivity index (χ3n) is 2.37. The Labute approximate surface area is 99.2 Å². The van der Waals surface area contributed by atoms with E-state index in [1.165, 1.54) is 12.1 Å². The molecule has 0 bridgehead atoms. The first kappa shape index (κ1) is 13.6. The zero-order valence-electron chi connectivity index (χ0n) is 9.81. The van der Waals surface area contributed by atoms with Crippen molar-refractivity contribution < 1.29 is 19.0 Å². The van der Waals surface area contributed by atoms with E-state index in [0.717, 1.165) is 5.56 Å². The maximum Gasteiger partial charge on any atom is 0.325 e. The molecule has 0 saturated heterocycles. The highest BCUT2D eigenvalue weighted by atomic mass is 19.1. The fraction of sp³-hybridized carbons (Fsp3) is 0.417. The molecular weight excluding hydrogens is 225 g/mol. The molecule has 0 spiro atoms. The van der Waals surface area contributed by atoms with E-state index < -0.39 is 23.9 Å². The summed E-state index contributed by atoms with van der Waals surface area (Å²) in [6.07, 6.45) is -1.41. The number of rotatable bonds is 4. The average Bonchev–Trinajstić information content (AvgIpc) is 2.30. The van der Waals surface area contributed by atoms with Gasteiger partial charge in [-0.3, -0.25) is 4.79 Å². The van der Waals surface area contributed by atoms with E-state index in [4.69, 9.17) is 5.73 Å². The van der Waals surface area contributed by atoms with Gasteiger partial charge in [-0.25, -0.2) is 4.39 Å². The number of aliphatic hydroxyl groups excluding tert-OH is 1. The van der Waals surface area contributed by atoms with Gasteiger partial charge in [0.1, 0.15) is 18.0 Å². The molecule has 0 amide bonds. The Balaban J connectivity index is 2.91. The molecule has 94 valence electrons. The fourth-order valence-corrected chi connectivity index (χ4v) is 1.45. The van der Waals surface area contributed by atoms with E-state index in [1.807, 2.05) is 0 Å². The summed E-state index contributed by atoms with van der Waals surface area (Å²) >= 11 is 0. The molecule has 1 rings (SSSR count). The zero-order chi connectivity index (χ0) is 13.0. The summed E-state index contributed by atoms with van der Waals surface area (Å²) in [6.45, 7) is 3.55. The molecule has 0 radical (unpaired) electrons. The van der Waals surface area contributed by atoms with Gasteiger partial charge in [0.2, 0.25) is 0 Å². The largest absolute Gasteiger partial charge is 0.465 e. The standard InChI is InChI=1S/C12H16FNO3/c1-3-17-12(16)10(14)11(15)8-6-7(2)4-5-9(8)13/h4-6,10-11,15H,3,14H2,1-2H3. The molecule has 4 nitrogen and oxygen atoms in total. The first-order valence-corrected chi connectivity index (χ1v) is 5.33. The highest BCUT2D eigenvalue weighted by molar-refractivity contribution is 5.76. The lowest BCUT2D eigenvalue weighted by atomic mass is 10.0. The van der Waals surface area contributed by atoms with Gasteiger partial charge in [-0.1, -0.05) is 17.7 Å². The number of hydrogen-bond acceptors (Lipinski definition) is 4. The van der Waals surface area contributed by atoms with Gasteiger partial charge in [-0.2, -0.15) is 0 Å². The topological polar surface area (TPSA) is 72.5 Å². The molecule has 0 fully saturated rings. The van der Waals surface area contributed by atoms with Crippen molar-refractivity contribution in [2.45, 2.75) is 26.0 Å². The van der Waals surface area contributed by atoms with Crippen molar-refractivity contribution in [2.75, 3.05) is 6.61 Å². The number of halogens is 1. The number of ether oxygens (including phenoxy) is 1. The van der Waals surface area contributed by atoms with Crippen LogP contribution in [0.25, 0.3) is 0 Å². The Morgan fingerprint density at radius 1 is 1.59 bits per heavy atom. The summed E-state index contributed by atoms with van der Waals surface area (Å²) in [6, 6.07) is 2.97. The van der Waals surface area contributed by atoms with Gasteiger partial charge in [0.15, 0.2) is 0 Å². The summed E-state index contributed by atoms with van der Waals surface area (Å²) in [7, 11) is 0. The van der Waals surface area contributed by atoms with Crippen molar-refractivity contribution >= 4 is 5.97 Å². The molecule has 3 N–H and O–H groups in total. The van der Waals surface area contributed by atoms with Crippen molar-refractivity contribution in [1.29, 1.82) is 0 Å². The molecule has 0 aliphatic rings. The number of carbonyl (C=O) groups is 1. The molecule has 0 saturated carbocycles. The third-order valence-corrected chi connectivity index (χ3v) is 2.37. The summed E-state index contributed by atoms with van der Waals surface area (Å²) in [5, 5.41) is 9.83. The minimum Gasteiger partial charge on any atom is -0.465 e. The lowest BCUT2D eigenvalue weighted by Crippen LogP contribution is -2.38. The van der Waals surface area contributed by atoms with Gasteiger partial charge in [0, 0.05) is 5.56 Å². The normalized spacial score (nSPS) is 14.2. The number of benzene rings is 1. The summed E-state index contributed by atoms with van der Waals surface area (Å²) in [5.41, 5.74) is 6.29. The van der Waals surface area contributed by atoms with E-state index >= 15 is 0 Å². The average molecular weight is 241 g/mol. The first-order valence-electron chi connectivity index (χ1n) is 5.33. The predicted octanol–water partition coefficient (Wildman–Crippen LogP) is 1.06. The van der Waals surface area contributed by atoms with Crippen LogP contribution in [0.4, 0.5) is 4.39 Å². The highest BCUT2D eigenvalue weighted by Gasteiger charge is 2.27. The second-order valence-corrected chi connectivity index (χ2v) is 3.75. The smallest absolute Gasteiger partial charge is 0.325 e. The van der Waals surface area contributed by atoms with E-state index in [0.29, 0.717) is 0 Å². The van der Waals surface area contributed by atoms with Gasteiger partial charge >= 0.3 is 5.97 Å². The number of aryl methyl sites for hydroxylation is 1. The van der Waals surface area contributed by atoms with Crippen LogP contribution in [0.2, 0.25) is 0 Å². The molecule has 2 unspecified atom stereocenters. The van der Waals surface area contributed by atoms with Crippen LogP contribution in [0, 0.1) is 12.7 Å². The summed E-state index contributed by atoms with van der Waals surface area (Å²) < 4.78 is 18.1. The van der Waals surface area contributed by atoms with Crippen LogP contribution in [0.5, 0.6) is 0 Å². The van der Waals surface area contributed by atoms with Crippen LogP contribution in [0.3, 0.4) is 0 Å². The third kappa shape index (κ3) is 3.25. The fourth-order valence-electron chi connectivity index (χ4n) is 1.45. The van der Waals surface area contributed by atoms with Gasteiger partial charge in [-0.15, -0.1) is 0 Å². The zero-order valence-corrected chi connectivity index (χ0v) is 9.81. The molecule has 17 heavy (non-hydrogen) atoms. The molecule has 5 heteroatoms. The number of aliphatic hydroxyl groups is 1. The Morgan fingerprint density at radius 3 is 2.82 bits per heavy atom. The summed E-state index contributed by atoms with van der Waals surface area (Å²) in [5.74, 6) is -1.34. The number of carbonyl (C=O) groups excluding carboxylic acids is 1.